The van der Waals surface area contributed by atoms with E-state index >= 15 is 0 Å². The fourth-order valence-electron chi connectivity index (χ4n) is 2.15. The van der Waals surface area contributed by atoms with Crippen molar-refractivity contribution in [2.45, 2.75) is 19.9 Å². The molecule has 0 unspecified atom stereocenters. The van der Waals surface area contributed by atoms with Crippen LogP contribution in [0.25, 0.3) is 0 Å². The number of carbonyl (C=O) groups excluding carboxylic acids is 2. The van der Waals surface area contributed by atoms with Crippen molar-refractivity contribution < 1.29 is 18.7 Å². The molecule has 0 radical (unpaired) electrons. The van der Waals surface area contributed by atoms with Gasteiger partial charge >= 0.3 is 5.97 Å². The van der Waals surface area contributed by atoms with E-state index in [0.717, 1.165) is 0 Å². The normalized spacial score (nSPS) is 10.3. The maximum Gasteiger partial charge on any atom is 0.339 e. The molecule has 7 heteroatoms. The number of methoxy groups -OCH3 is 1. The smallest absolute Gasteiger partial charge is 0.339 e. The average molecular weight is 351 g/mol. The minimum Gasteiger partial charge on any atom is -0.465 e. The SMILES string of the molecule is COC(=O)c1cncc(Cc2cc(Cl)c(CNC(C)=O)cc2F)c1. The molecule has 0 aliphatic rings. The topological polar surface area (TPSA) is 68.3 Å². The zero-order chi connectivity index (χ0) is 17.7. The maximum atomic E-state index is 14.3. The lowest BCUT2D eigenvalue weighted by Crippen LogP contribution is -2.19. The Hall–Kier alpha value is -2.47. The third kappa shape index (κ3) is 4.52. The van der Waals surface area contributed by atoms with Crippen LogP contribution in [-0.4, -0.2) is 24.0 Å². The Labute approximate surface area is 143 Å². The Morgan fingerprint density at radius 2 is 2.00 bits per heavy atom. The van der Waals surface area contributed by atoms with Crippen molar-refractivity contribution in [2.75, 3.05) is 7.11 Å². The molecule has 0 saturated heterocycles. The van der Waals surface area contributed by atoms with E-state index in [9.17, 15) is 14.0 Å². The Bertz CT molecular complexity index is 780. The van der Waals surface area contributed by atoms with Crippen LogP contribution in [-0.2, 0) is 22.5 Å². The Balaban J connectivity index is 2.22. The summed E-state index contributed by atoms with van der Waals surface area (Å²) in [6, 6.07) is 4.40. The van der Waals surface area contributed by atoms with Gasteiger partial charge < -0.3 is 10.1 Å². The molecular weight excluding hydrogens is 335 g/mol. The van der Waals surface area contributed by atoms with Gasteiger partial charge in [-0.05, 0) is 34.9 Å². The quantitative estimate of drug-likeness (QED) is 0.842. The Morgan fingerprint density at radius 3 is 2.67 bits per heavy atom. The number of carbonyl (C=O) groups is 2. The van der Waals surface area contributed by atoms with Crippen LogP contribution in [0.4, 0.5) is 4.39 Å². The Kier molecular flexibility index (Phi) is 5.87. The van der Waals surface area contributed by atoms with Crippen LogP contribution in [0.5, 0.6) is 0 Å². The molecule has 1 aromatic heterocycles. The van der Waals surface area contributed by atoms with Gasteiger partial charge in [0.1, 0.15) is 5.82 Å². The molecule has 0 aliphatic heterocycles. The number of hydrogen-bond donors (Lipinski definition) is 1. The molecule has 2 aromatic rings. The highest BCUT2D eigenvalue weighted by Gasteiger charge is 2.12. The summed E-state index contributed by atoms with van der Waals surface area (Å²) in [5.74, 6) is -1.17. The monoisotopic (exact) mass is 350 g/mol. The van der Waals surface area contributed by atoms with Crippen LogP contribution in [0.3, 0.4) is 0 Å². The summed E-state index contributed by atoms with van der Waals surface area (Å²) in [7, 11) is 1.28. The van der Waals surface area contributed by atoms with E-state index in [-0.39, 0.29) is 18.9 Å². The number of halogens is 2. The number of pyridine rings is 1. The van der Waals surface area contributed by atoms with E-state index in [0.29, 0.717) is 27.3 Å². The molecule has 5 nitrogen and oxygen atoms in total. The molecule has 0 saturated carbocycles. The molecule has 0 atom stereocenters. The summed E-state index contributed by atoms with van der Waals surface area (Å²) in [5, 5.41) is 2.93. The van der Waals surface area contributed by atoms with Gasteiger partial charge in [0.25, 0.3) is 0 Å². The summed E-state index contributed by atoms with van der Waals surface area (Å²) in [5.41, 5.74) is 1.82. The molecule has 0 bridgehead atoms. The van der Waals surface area contributed by atoms with Crippen LogP contribution < -0.4 is 5.32 Å². The highest BCUT2D eigenvalue weighted by Crippen LogP contribution is 2.23. The van der Waals surface area contributed by atoms with Crippen molar-refractivity contribution >= 4 is 23.5 Å². The van der Waals surface area contributed by atoms with E-state index in [1.165, 1.54) is 32.4 Å². The lowest BCUT2D eigenvalue weighted by atomic mass is 10.0. The summed E-state index contributed by atoms with van der Waals surface area (Å²) < 4.78 is 18.9. The number of amides is 1. The molecule has 1 N–H and O–H groups in total. The second kappa shape index (κ2) is 7.88. The number of rotatable bonds is 5. The van der Waals surface area contributed by atoms with Crippen molar-refractivity contribution in [3.8, 4) is 0 Å². The first-order chi connectivity index (χ1) is 11.4. The van der Waals surface area contributed by atoms with Crippen LogP contribution in [0.2, 0.25) is 5.02 Å². The zero-order valence-corrected chi connectivity index (χ0v) is 14.0. The summed E-state index contributed by atoms with van der Waals surface area (Å²) in [4.78, 5) is 26.4. The van der Waals surface area contributed by atoms with Gasteiger partial charge in [-0.15, -0.1) is 0 Å². The van der Waals surface area contributed by atoms with Crippen molar-refractivity contribution in [1.82, 2.24) is 10.3 Å². The second-order valence-corrected chi connectivity index (χ2v) is 5.60. The van der Waals surface area contributed by atoms with Crippen molar-refractivity contribution in [2.24, 2.45) is 0 Å². The van der Waals surface area contributed by atoms with Gasteiger partial charge in [0.15, 0.2) is 0 Å². The molecular formula is C17H16ClFN2O3. The Morgan fingerprint density at radius 1 is 1.25 bits per heavy atom. The van der Waals surface area contributed by atoms with E-state index in [2.05, 4.69) is 15.0 Å². The molecule has 24 heavy (non-hydrogen) atoms. The van der Waals surface area contributed by atoms with E-state index in [1.54, 1.807) is 12.3 Å². The molecule has 0 fully saturated rings. The van der Waals surface area contributed by atoms with Gasteiger partial charge in [0.2, 0.25) is 5.91 Å². The van der Waals surface area contributed by atoms with Gasteiger partial charge in [-0.2, -0.15) is 0 Å². The van der Waals surface area contributed by atoms with Gasteiger partial charge in [0, 0.05) is 37.3 Å². The number of nitrogens with one attached hydrogen (secondary N) is 1. The highest BCUT2D eigenvalue weighted by atomic mass is 35.5. The standard InChI is InChI=1S/C17H16ClFN2O3/c1-10(22)21-9-13-6-16(19)12(5-15(13)18)3-11-4-14(8-20-7-11)17(23)24-2/h4-8H,3,9H2,1-2H3,(H,21,22). The van der Waals surface area contributed by atoms with Crippen LogP contribution in [0, 0.1) is 5.82 Å². The predicted molar refractivity (Wildman–Crippen MR) is 87.3 cm³/mol. The first-order valence-electron chi connectivity index (χ1n) is 7.14. The summed E-state index contributed by atoms with van der Waals surface area (Å²) >= 11 is 6.15. The van der Waals surface area contributed by atoms with Crippen LogP contribution in [0.15, 0.2) is 30.6 Å². The lowest BCUT2D eigenvalue weighted by Gasteiger charge is -2.10. The lowest BCUT2D eigenvalue weighted by molar-refractivity contribution is -0.119. The molecule has 1 aromatic carbocycles. The number of nitrogens with zero attached hydrogens (tertiary/aromatic N) is 1. The molecule has 126 valence electrons. The largest absolute Gasteiger partial charge is 0.465 e. The van der Waals surface area contributed by atoms with E-state index in [1.807, 2.05) is 0 Å². The molecule has 1 amide bonds. The van der Waals surface area contributed by atoms with Gasteiger partial charge in [-0.25, -0.2) is 9.18 Å². The van der Waals surface area contributed by atoms with Crippen molar-refractivity contribution in [1.29, 1.82) is 0 Å². The number of aromatic nitrogens is 1. The van der Waals surface area contributed by atoms with E-state index < -0.39 is 11.8 Å². The number of esters is 1. The minimum atomic E-state index is -0.506. The molecule has 0 aliphatic carbocycles. The summed E-state index contributed by atoms with van der Waals surface area (Å²) in [6.45, 7) is 1.53. The zero-order valence-electron chi connectivity index (χ0n) is 13.2. The number of hydrogen-bond acceptors (Lipinski definition) is 4. The number of ether oxygens (including phenoxy) is 1. The van der Waals surface area contributed by atoms with Crippen LogP contribution in [0.1, 0.15) is 34.0 Å². The highest BCUT2D eigenvalue weighted by molar-refractivity contribution is 6.31. The maximum absolute atomic E-state index is 14.3. The summed E-state index contributed by atoms with van der Waals surface area (Å²) in [6.07, 6.45) is 3.16. The fraction of sp³-hybridized carbons (Fsp3) is 0.235. The second-order valence-electron chi connectivity index (χ2n) is 5.19. The third-order valence-corrected chi connectivity index (χ3v) is 3.71. The van der Waals surface area contributed by atoms with Crippen LogP contribution >= 0.6 is 11.6 Å². The molecule has 1 heterocycles. The first-order valence-corrected chi connectivity index (χ1v) is 7.52. The fourth-order valence-corrected chi connectivity index (χ4v) is 2.41. The first kappa shape index (κ1) is 17.9. The van der Waals surface area contributed by atoms with Crippen molar-refractivity contribution in [3.05, 3.63) is 63.7 Å². The van der Waals surface area contributed by atoms with Gasteiger partial charge in [-0.3, -0.25) is 9.78 Å². The average Bonchev–Trinajstić information content (AvgIpc) is 2.56. The molecule has 2 rings (SSSR count). The van der Waals surface area contributed by atoms with Gasteiger partial charge in [-0.1, -0.05) is 11.6 Å². The predicted octanol–water partition coefficient (Wildman–Crippen LogP) is 2.89. The van der Waals surface area contributed by atoms with Gasteiger partial charge in [0.05, 0.1) is 12.7 Å². The number of benzene rings is 1. The van der Waals surface area contributed by atoms with Crippen molar-refractivity contribution in [3.63, 3.8) is 0 Å². The third-order valence-electron chi connectivity index (χ3n) is 3.35. The molecule has 0 spiro atoms. The minimum absolute atomic E-state index is 0.157. The van der Waals surface area contributed by atoms with E-state index in [4.69, 9.17) is 11.6 Å².